The van der Waals surface area contributed by atoms with E-state index in [0.717, 1.165) is 35.1 Å². The fourth-order valence-electron chi connectivity index (χ4n) is 13.7. The normalized spacial score (nSPS) is 18.6. The largest absolute Gasteiger partial charge is 0.480 e. The zero-order valence-corrected chi connectivity index (χ0v) is 64.3. The highest BCUT2D eigenvalue weighted by atomic mass is 32.2. The first-order valence-electron chi connectivity index (χ1n) is 35.6. The van der Waals surface area contributed by atoms with Crippen LogP contribution in [0.15, 0.2) is 232 Å². The van der Waals surface area contributed by atoms with Gasteiger partial charge in [0, 0.05) is 35.3 Å². The molecule has 8 heterocycles. The van der Waals surface area contributed by atoms with E-state index in [2.05, 4.69) is 0 Å². The van der Waals surface area contributed by atoms with E-state index in [0.29, 0.717) is 144 Å². The van der Waals surface area contributed by atoms with E-state index in [9.17, 15) is 76.7 Å². The number of hydrogen-bond donors (Lipinski definition) is 4. The first kappa shape index (κ1) is 80.5. The summed E-state index contributed by atoms with van der Waals surface area (Å²) in [7, 11) is 0. The Balaban J connectivity index is 0.000000135. The number of imide groups is 4. The fraction of sp³-hybridized carbons (Fsp3) is 0.143. The van der Waals surface area contributed by atoms with Gasteiger partial charge in [0.05, 0.1) is 77.8 Å². The topological polar surface area (TPSA) is 380 Å². The number of carboxylic acids is 4. The van der Waals surface area contributed by atoms with Gasteiger partial charge >= 0.3 is 23.9 Å². The summed E-state index contributed by atoms with van der Waals surface area (Å²) in [5.74, 6) is -9.62. The van der Waals surface area contributed by atoms with Crippen LogP contribution in [0.1, 0.15) is 56.5 Å². The molecule has 8 aliphatic heterocycles. The molecule has 4 N–H and O–H groups in total. The third kappa shape index (κ3) is 16.8. The maximum Gasteiger partial charge on any atom is 0.323 e. The Morgan fingerprint density at radius 2 is 0.517 bits per heavy atom. The molecule has 4 fully saturated rings. The summed E-state index contributed by atoms with van der Waals surface area (Å²) in [6, 6.07) is 65.2. The number of fused-ring (bicyclic) bond motifs is 4. The average molecular weight is 1630 g/mol. The SMILES string of the molecule is Cc1ccc(CN2C(=O)/C(=C3\SC(=O)N(CC(=O)O)C3=O)c3ccccc32)cc1.O=C(O)CN1C(=O)S/C(=C2\C(=O)N(CCCc3ccccc3)c3ccccc32)C1=O.O=C(O)CN1C(=O)S/C(=C2\C(=O)N(CCc3ccccc3)c3ccccc32)C1=O.O=C(O)CN1C(=O)S/C(=C2\C(=O)N(Cc3ccccc3)c3ccccc32)C1=O. The number of nitrogens with zero attached hydrogens (tertiary/aromatic N) is 8. The molecular formula is C84H64N8O20S4. The first-order chi connectivity index (χ1) is 55.8. The van der Waals surface area contributed by atoms with Crippen molar-refractivity contribution < 1.29 is 97.1 Å². The Bertz CT molecular complexity index is 5660. The molecule has 584 valence electrons. The van der Waals surface area contributed by atoms with Crippen LogP contribution in [-0.2, 0) is 83.5 Å². The number of anilines is 4. The molecule has 4 saturated heterocycles. The monoisotopic (exact) mass is 1630 g/mol. The number of hydrogen-bond acceptors (Lipinski definition) is 20. The summed E-state index contributed by atoms with van der Waals surface area (Å²) in [4.78, 5) is 205. The lowest BCUT2D eigenvalue weighted by Crippen LogP contribution is -2.34. The Morgan fingerprint density at radius 1 is 0.267 bits per heavy atom. The van der Waals surface area contributed by atoms with Gasteiger partial charge in [0.1, 0.15) is 26.2 Å². The molecule has 8 aromatic carbocycles. The van der Waals surface area contributed by atoms with Gasteiger partial charge in [-0.15, -0.1) is 0 Å². The lowest BCUT2D eigenvalue weighted by molar-refractivity contribution is -0.141. The van der Waals surface area contributed by atoms with Gasteiger partial charge < -0.3 is 40.0 Å². The summed E-state index contributed by atoms with van der Waals surface area (Å²) < 4.78 is 0. The van der Waals surface area contributed by atoms with Gasteiger partial charge in [-0.2, -0.15) is 0 Å². The highest BCUT2D eigenvalue weighted by Crippen LogP contribution is 2.49. The lowest BCUT2D eigenvalue weighted by Gasteiger charge is -2.17. The van der Waals surface area contributed by atoms with E-state index >= 15 is 0 Å². The zero-order chi connectivity index (χ0) is 82.3. The quantitative estimate of drug-likeness (QED) is 0.0546. The van der Waals surface area contributed by atoms with Crippen LogP contribution in [0.4, 0.5) is 41.9 Å². The van der Waals surface area contributed by atoms with E-state index in [1.165, 1.54) is 5.56 Å². The number of carboxylic acid groups (broad SMARTS) is 4. The minimum atomic E-state index is -1.29. The minimum absolute atomic E-state index is 0.00995. The number of carbonyl (C=O) groups excluding carboxylic acids is 12. The second kappa shape index (κ2) is 34.8. The molecule has 0 atom stereocenters. The molecule has 28 nitrogen and oxygen atoms in total. The Hall–Kier alpha value is -13.6. The number of amides is 12. The number of aliphatic carboxylic acids is 4. The fourth-order valence-corrected chi connectivity index (χ4v) is 17.4. The number of para-hydroxylation sites is 4. The Labute approximate surface area is 677 Å². The highest BCUT2D eigenvalue weighted by molar-refractivity contribution is 8.19. The highest BCUT2D eigenvalue weighted by Gasteiger charge is 2.49. The second-order valence-corrected chi connectivity index (χ2v) is 30.3. The molecule has 0 spiro atoms. The van der Waals surface area contributed by atoms with Crippen LogP contribution < -0.4 is 19.6 Å². The van der Waals surface area contributed by atoms with Crippen LogP contribution in [0.3, 0.4) is 0 Å². The predicted molar refractivity (Wildman–Crippen MR) is 432 cm³/mol. The van der Waals surface area contributed by atoms with Crippen molar-refractivity contribution >= 4 is 184 Å². The van der Waals surface area contributed by atoms with Crippen molar-refractivity contribution in [2.24, 2.45) is 0 Å². The number of thioether (sulfide) groups is 4. The van der Waals surface area contributed by atoms with Crippen LogP contribution in [0.5, 0.6) is 0 Å². The second-order valence-electron chi connectivity index (χ2n) is 26.5. The molecule has 8 aromatic rings. The van der Waals surface area contributed by atoms with Gasteiger partial charge in [0.25, 0.3) is 68.2 Å². The van der Waals surface area contributed by atoms with Gasteiger partial charge in [-0.05, 0) is 120 Å². The molecule has 16 rings (SSSR count). The third-order valence-corrected chi connectivity index (χ3v) is 22.9. The van der Waals surface area contributed by atoms with Gasteiger partial charge in [0.15, 0.2) is 0 Å². The van der Waals surface area contributed by atoms with Crippen molar-refractivity contribution in [1.29, 1.82) is 0 Å². The molecule has 0 aromatic heterocycles. The number of rotatable bonds is 19. The smallest absolute Gasteiger partial charge is 0.323 e. The van der Waals surface area contributed by atoms with Crippen LogP contribution in [-0.4, -0.2) is 171 Å². The molecular weight excluding hydrogens is 1570 g/mol. The Kier molecular flexibility index (Phi) is 24.2. The molecule has 0 bridgehead atoms. The van der Waals surface area contributed by atoms with Crippen molar-refractivity contribution in [2.75, 3.05) is 58.9 Å². The maximum absolute atomic E-state index is 13.3. The van der Waals surface area contributed by atoms with E-state index in [1.54, 1.807) is 105 Å². The minimum Gasteiger partial charge on any atom is -0.480 e. The average Bonchev–Trinajstić information content (AvgIpc) is 1.62. The molecule has 0 aliphatic carbocycles. The number of carbonyl (C=O) groups is 16. The van der Waals surface area contributed by atoms with E-state index < -0.39 is 94.6 Å². The van der Waals surface area contributed by atoms with E-state index in [1.807, 2.05) is 134 Å². The van der Waals surface area contributed by atoms with Gasteiger partial charge in [0.2, 0.25) is 0 Å². The molecule has 12 amide bonds. The Morgan fingerprint density at radius 3 is 0.828 bits per heavy atom. The maximum atomic E-state index is 13.3. The van der Waals surface area contributed by atoms with Crippen molar-refractivity contribution in [3.63, 3.8) is 0 Å². The standard InChI is InChI=1S/C22H18N2O5S.2C21H16N2O5S.C20H14N2O5S/c25-17(26)13-24-21(28)19(30-22(24)29)18-15-10-4-5-11-16(15)23(20(18)27)12-6-9-14-7-2-1-3-8-14;1-12-6-8-13(9-7-12)10-22-15-5-3-2-4-14(15)17(19(22)26)18-20(27)23(11-16(24)25)21(28)29-18;24-16(25)12-23-20(27)18(29-21(23)28)17-14-8-4-5-9-15(14)22(19(17)26)11-10-13-6-2-1-3-7-13;23-15(24)11-22-19(26)17(28-20(22)27)16-13-8-4-5-9-14(13)21(18(16)25)10-12-6-2-1-3-7-12/h1-5,7-8,10-11H,6,9,12-13H2,(H,25,26);2-9H,10-11H2,1H3,(H,24,25);1-9H,10-12H2,(H,24,25);1-9H,10-11H2,(H,23,24)/b19-18-;2*18-17-;17-16-. The van der Waals surface area contributed by atoms with Crippen LogP contribution in [0.25, 0.3) is 22.3 Å². The predicted octanol–water partition coefficient (Wildman–Crippen LogP) is 11.7. The van der Waals surface area contributed by atoms with E-state index in [4.69, 9.17) is 20.4 Å². The van der Waals surface area contributed by atoms with Crippen molar-refractivity contribution in [3.8, 4) is 0 Å². The van der Waals surface area contributed by atoms with Crippen LogP contribution in [0, 0.1) is 6.92 Å². The van der Waals surface area contributed by atoms with Crippen LogP contribution >= 0.6 is 47.0 Å². The zero-order valence-electron chi connectivity index (χ0n) is 61.0. The number of benzene rings is 8. The molecule has 0 saturated carbocycles. The molecule has 8 aliphatic rings. The summed E-state index contributed by atoms with van der Waals surface area (Å²) in [5.41, 5.74) is 10.8. The van der Waals surface area contributed by atoms with Crippen LogP contribution in [0.2, 0.25) is 0 Å². The van der Waals surface area contributed by atoms with Crippen molar-refractivity contribution in [1.82, 2.24) is 19.6 Å². The van der Waals surface area contributed by atoms with Gasteiger partial charge in [-0.25, -0.2) is 0 Å². The molecule has 116 heavy (non-hydrogen) atoms. The number of aryl methyl sites for hydroxylation is 2. The lowest BCUT2D eigenvalue weighted by atomic mass is 10.1. The first-order valence-corrected chi connectivity index (χ1v) is 38.9. The summed E-state index contributed by atoms with van der Waals surface area (Å²) in [6.07, 6.45) is 2.17. The molecule has 32 heteroatoms. The molecule has 0 radical (unpaired) electrons. The van der Waals surface area contributed by atoms with Crippen molar-refractivity contribution in [3.05, 3.63) is 282 Å². The summed E-state index contributed by atoms with van der Waals surface area (Å²) in [6.45, 7) is 0.584. The van der Waals surface area contributed by atoms with Crippen molar-refractivity contribution in [2.45, 2.75) is 39.3 Å². The van der Waals surface area contributed by atoms with E-state index in [-0.39, 0.29) is 65.5 Å². The van der Waals surface area contributed by atoms with Gasteiger partial charge in [-0.3, -0.25) is 96.3 Å². The molecule has 0 unspecified atom stereocenters. The summed E-state index contributed by atoms with van der Waals surface area (Å²) in [5, 5.41) is 33.0. The third-order valence-electron chi connectivity index (χ3n) is 19.0. The summed E-state index contributed by atoms with van der Waals surface area (Å²) >= 11 is 2.44. The van der Waals surface area contributed by atoms with Gasteiger partial charge in [-0.1, -0.05) is 194 Å².